The van der Waals surface area contributed by atoms with E-state index in [0.29, 0.717) is 0 Å². The molecular weight excluding hydrogens is 384 g/mol. The second-order valence-corrected chi connectivity index (χ2v) is 7.49. The molecule has 0 saturated carbocycles. The van der Waals surface area contributed by atoms with Gasteiger partial charge < -0.3 is 10.0 Å². The summed E-state index contributed by atoms with van der Waals surface area (Å²) in [6, 6.07) is 27.7. The molecule has 0 amide bonds. The van der Waals surface area contributed by atoms with Crippen molar-refractivity contribution in [3.63, 3.8) is 0 Å². The van der Waals surface area contributed by atoms with Crippen molar-refractivity contribution in [2.24, 2.45) is 0 Å². The molecule has 0 aliphatic rings. The molecule has 0 unspecified atom stereocenters. The van der Waals surface area contributed by atoms with Gasteiger partial charge in [0.1, 0.15) is 5.75 Å². The summed E-state index contributed by atoms with van der Waals surface area (Å²) >= 11 is 0. The van der Waals surface area contributed by atoms with Gasteiger partial charge in [-0.3, -0.25) is 14.9 Å². The summed E-state index contributed by atoms with van der Waals surface area (Å²) < 4.78 is 0. The number of pyridine rings is 2. The molecule has 0 saturated heterocycles. The van der Waals surface area contributed by atoms with Crippen molar-refractivity contribution in [2.75, 3.05) is 11.9 Å². The lowest BCUT2D eigenvalue weighted by Gasteiger charge is -2.27. The van der Waals surface area contributed by atoms with Crippen LogP contribution in [0.4, 0.5) is 11.4 Å². The summed E-state index contributed by atoms with van der Waals surface area (Å²) in [7, 11) is 2.05. The zero-order chi connectivity index (χ0) is 21.5. The van der Waals surface area contributed by atoms with Gasteiger partial charge in [0, 0.05) is 50.5 Å². The fraction of sp³-hybridized carbons (Fsp3) is 0.154. The van der Waals surface area contributed by atoms with Crippen molar-refractivity contribution in [3.05, 3.63) is 114 Å². The van der Waals surface area contributed by atoms with Crippen LogP contribution in [0.1, 0.15) is 17.0 Å². The van der Waals surface area contributed by atoms with E-state index in [2.05, 4.69) is 56.2 Å². The van der Waals surface area contributed by atoms with Crippen LogP contribution < -0.4 is 4.90 Å². The van der Waals surface area contributed by atoms with Crippen LogP contribution in [0.3, 0.4) is 0 Å². The molecule has 2 aromatic heterocycles. The molecule has 0 radical (unpaired) electrons. The molecule has 156 valence electrons. The fourth-order valence-electron chi connectivity index (χ4n) is 3.64. The van der Waals surface area contributed by atoms with Crippen molar-refractivity contribution in [1.82, 2.24) is 14.9 Å². The number of anilines is 2. The normalized spacial score (nSPS) is 10.9. The molecule has 5 nitrogen and oxygen atoms in total. The lowest BCUT2D eigenvalue weighted by atomic mass is 10.1. The molecule has 5 heteroatoms. The van der Waals surface area contributed by atoms with Crippen LogP contribution in [-0.2, 0) is 19.6 Å². The molecular formula is C26H26N4O. The minimum absolute atomic E-state index is 0.266. The number of phenols is 1. The van der Waals surface area contributed by atoms with Gasteiger partial charge in [-0.1, -0.05) is 30.3 Å². The Morgan fingerprint density at radius 3 is 1.84 bits per heavy atom. The highest BCUT2D eigenvalue weighted by Gasteiger charge is 2.15. The van der Waals surface area contributed by atoms with Crippen LogP contribution in [0.25, 0.3) is 0 Å². The number of phenolic OH excluding ortho intramolecular Hbond substituents is 1. The molecule has 31 heavy (non-hydrogen) atoms. The van der Waals surface area contributed by atoms with Crippen molar-refractivity contribution in [3.8, 4) is 5.75 Å². The average molecular weight is 411 g/mol. The molecule has 0 atom stereocenters. The van der Waals surface area contributed by atoms with E-state index >= 15 is 0 Å². The summed E-state index contributed by atoms with van der Waals surface area (Å²) in [6.07, 6.45) is 3.67. The van der Waals surface area contributed by atoms with Crippen molar-refractivity contribution in [1.29, 1.82) is 0 Å². The SMILES string of the molecule is CN(c1ccc(O)cc1)c1ccccc1CN(Cc1ccccn1)Cc1ccccn1. The number of benzene rings is 2. The third-order valence-electron chi connectivity index (χ3n) is 5.21. The summed E-state index contributed by atoms with van der Waals surface area (Å²) in [5, 5.41) is 9.63. The summed E-state index contributed by atoms with van der Waals surface area (Å²) in [6.45, 7) is 2.22. The fourth-order valence-corrected chi connectivity index (χ4v) is 3.64. The number of aromatic hydroxyl groups is 1. The highest BCUT2D eigenvalue weighted by atomic mass is 16.3. The Bertz CT molecular complexity index is 1040. The maximum atomic E-state index is 9.63. The van der Waals surface area contributed by atoms with Crippen LogP contribution in [0, 0.1) is 0 Å². The van der Waals surface area contributed by atoms with Crippen molar-refractivity contribution in [2.45, 2.75) is 19.6 Å². The standard InChI is InChI=1S/C26H26N4O/c1-29(24-12-14-25(31)15-13-24)26-11-3-2-8-21(26)18-30(19-22-9-4-6-16-27-22)20-23-10-5-7-17-28-23/h2-17,31H,18-20H2,1H3. The number of aromatic nitrogens is 2. The molecule has 0 bridgehead atoms. The lowest BCUT2D eigenvalue weighted by Crippen LogP contribution is -2.24. The van der Waals surface area contributed by atoms with E-state index < -0.39 is 0 Å². The van der Waals surface area contributed by atoms with Crippen LogP contribution in [-0.4, -0.2) is 27.0 Å². The maximum absolute atomic E-state index is 9.63. The van der Waals surface area contributed by atoms with E-state index in [1.807, 2.05) is 55.8 Å². The third kappa shape index (κ3) is 5.47. The zero-order valence-corrected chi connectivity index (χ0v) is 17.6. The van der Waals surface area contributed by atoms with E-state index in [1.54, 1.807) is 12.1 Å². The number of para-hydroxylation sites is 1. The first-order valence-corrected chi connectivity index (χ1v) is 10.3. The van der Waals surface area contributed by atoms with Crippen molar-refractivity contribution < 1.29 is 5.11 Å². The Morgan fingerprint density at radius 2 is 1.26 bits per heavy atom. The summed E-state index contributed by atoms with van der Waals surface area (Å²) in [5.41, 5.74) is 5.42. The first kappa shape index (κ1) is 20.6. The Balaban J connectivity index is 1.61. The van der Waals surface area contributed by atoms with Crippen LogP contribution in [0.15, 0.2) is 97.3 Å². The second kappa shape index (κ2) is 9.87. The van der Waals surface area contributed by atoms with Crippen LogP contribution >= 0.6 is 0 Å². The Hall–Kier alpha value is -3.70. The molecule has 4 aromatic rings. The molecule has 2 aromatic carbocycles. The van der Waals surface area contributed by atoms with Gasteiger partial charge in [-0.05, 0) is 60.2 Å². The molecule has 1 N–H and O–H groups in total. The number of hydrogen-bond acceptors (Lipinski definition) is 5. The molecule has 0 spiro atoms. The predicted octanol–water partition coefficient (Wildman–Crippen LogP) is 5.15. The largest absolute Gasteiger partial charge is 0.508 e. The zero-order valence-electron chi connectivity index (χ0n) is 17.6. The lowest BCUT2D eigenvalue weighted by molar-refractivity contribution is 0.242. The van der Waals surface area contributed by atoms with E-state index in [0.717, 1.165) is 42.4 Å². The highest BCUT2D eigenvalue weighted by molar-refractivity contribution is 5.66. The smallest absolute Gasteiger partial charge is 0.115 e. The number of nitrogens with zero attached hydrogens (tertiary/aromatic N) is 4. The van der Waals surface area contributed by atoms with Gasteiger partial charge in [-0.25, -0.2) is 0 Å². The Kier molecular flexibility index (Phi) is 6.55. The topological polar surface area (TPSA) is 52.5 Å². The molecule has 0 aliphatic heterocycles. The first-order chi connectivity index (χ1) is 15.2. The van der Waals surface area contributed by atoms with Gasteiger partial charge in [0.25, 0.3) is 0 Å². The van der Waals surface area contributed by atoms with Gasteiger partial charge in [-0.15, -0.1) is 0 Å². The Labute approximate surface area is 183 Å². The van der Waals surface area contributed by atoms with E-state index in [4.69, 9.17) is 0 Å². The van der Waals surface area contributed by atoms with Gasteiger partial charge >= 0.3 is 0 Å². The molecule has 0 aliphatic carbocycles. The Morgan fingerprint density at radius 1 is 0.677 bits per heavy atom. The summed E-state index contributed by atoms with van der Waals surface area (Å²) in [5.74, 6) is 0.266. The minimum atomic E-state index is 0.266. The van der Waals surface area contributed by atoms with Gasteiger partial charge in [0.05, 0.1) is 11.4 Å². The van der Waals surface area contributed by atoms with E-state index in [9.17, 15) is 5.11 Å². The minimum Gasteiger partial charge on any atom is -0.508 e. The number of rotatable bonds is 8. The van der Waals surface area contributed by atoms with Crippen LogP contribution in [0.2, 0.25) is 0 Å². The second-order valence-electron chi connectivity index (χ2n) is 7.49. The van der Waals surface area contributed by atoms with Crippen molar-refractivity contribution >= 4 is 11.4 Å². The molecule has 4 rings (SSSR count). The summed E-state index contributed by atoms with van der Waals surface area (Å²) in [4.78, 5) is 13.5. The third-order valence-corrected chi connectivity index (χ3v) is 5.21. The number of hydrogen-bond donors (Lipinski definition) is 1. The molecule has 0 fully saturated rings. The van der Waals surface area contributed by atoms with Gasteiger partial charge in [0.2, 0.25) is 0 Å². The van der Waals surface area contributed by atoms with E-state index in [1.165, 1.54) is 5.56 Å². The molecule has 2 heterocycles. The average Bonchev–Trinajstić information content (AvgIpc) is 2.81. The van der Waals surface area contributed by atoms with Gasteiger partial charge in [-0.2, -0.15) is 0 Å². The first-order valence-electron chi connectivity index (χ1n) is 10.3. The maximum Gasteiger partial charge on any atom is 0.115 e. The van der Waals surface area contributed by atoms with Gasteiger partial charge in [0.15, 0.2) is 0 Å². The monoisotopic (exact) mass is 410 g/mol. The van der Waals surface area contributed by atoms with E-state index in [-0.39, 0.29) is 5.75 Å². The highest BCUT2D eigenvalue weighted by Crippen LogP contribution is 2.29. The quantitative estimate of drug-likeness (QED) is 0.435. The predicted molar refractivity (Wildman–Crippen MR) is 124 cm³/mol. The van der Waals surface area contributed by atoms with Crippen LogP contribution in [0.5, 0.6) is 5.75 Å².